The van der Waals surface area contributed by atoms with Crippen LogP contribution in [-0.2, 0) is 6.42 Å². The van der Waals surface area contributed by atoms with Crippen LogP contribution in [0.15, 0.2) is 23.0 Å². The maximum Gasteiger partial charge on any atom is 0.294 e. The minimum Gasteiger partial charge on any atom is -0.429 e. The topological polar surface area (TPSA) is 99.3 Å². The fourth-order valence-electron chi connectivity index (χ4n) is 2.76. The number of oxazole rings is 1. The Hall–Kier alpha value is -2.35. The highest BCUT2D eigenvalue weighted by atomic mass is 16.4. The number of aryl methyl sites for hydroxylation is 1. The smallest absolute Gasteiger partial charge is 0.294 e. The maximum absolute atomic E-state index is 10.0. The Kier molecular flexibility index (Phi) is 4.61. The lowest BCUT2D eigenvalue weighted by Crippen LogP contribution is -2.35. The van der Waals surface area contributed by atoms with Crippen LogP contribution in [0, 0.1) is 0 Å². The van der Waals surface area contributed by atoms with Crippen molar-refractivity contribution in [2.75, 3.05) is 35.7 Å². The summed E-state index contributed by atoms with van der Waals surface area (Å²) in [5.74, 6) is 2.41. The summed E-state index contributed by atoms with van der Waals surface area (Å²) in [6.07, 6.45) is 4.38. The number of aliphatic hydroxyl groups is 1. The molecule has 8 nitrogen and oxygen atoms in total. The molecule has 3 heterocycles. The fourth-order valence-corrected chi connectivity index (χ4v) is 2.76. The van der Waals surface area contributed by atoms with E-state index in [9.17, 15) is 5.11 Å². The number of nitrogens with zero attached hydrogens (tertiary/aromatic N) is 4. The third-order valence-corrected chi connectivity index (χ3v) is 3.99. The van der Waals surface area contributed by atoms with E-state index in [4.69, 9.17) is 4.42 Å². The first-order valence-electron chi connectivity index (χ1n) is 7.82. The van der Waals surface area contributed by atoms with E-state index in [-0.39, 0.29) is 12.1 Å². The molecule has 0 bridgehead atoms. The van der Waals surface area contributed by atoms with Crippen LogP contribution in [0.1, 0.15) is 19.1 Å². The van der Waals surface area contributed by atoms with Gasteiger partial charge >= 0.3 is 0 Å². The number of aliphatic hydroxyl groups excluding tert-OH is 1. The number of anilines is 3. The van der Waals surface area contributed by atoms with Crippen LogP contribution < -0.4 is 15.5 Å². The van der Waals surface area contributed by atoms with Gasteiger partial charge < -0.3 is 25.1 Å². The lowest BCUT2D eigenvalue weighted by molar-refractivity contribution is 0.194. The van der Waals surface area contributed by atoms with Gasteiger partial charge in [-0.15, -0.1) is 0 Å². The Balaban J connectivity index is 1.69. The van der Waals surface area contributed by atoms with E-state index in [0.717, 1.165) is 23.8 Å². The van der Waals surface area contributed by atoms with Crippen molar-refractivity contribution in [1.82, 2.24) is 15.0 Å². The van der Waals surface area contributed by atoms with Crippen molar-refractivity contribution < 1.29 is 9.52 Å². The SMILES string of the molecule is CCc1cnc(NC[C@H]2C[C@@H](O)CN2c2cc(NC)ncn2)o1. The van der Waals surface area contributed by atoms with Gasteiger partial charge in [-0.2, -0.15) is 0 Å². The van der Waals surface area contributed by atoms with Gasteiger partial charge in [0.1, 0.15) is 23.7 Å². The lowest BCUT2D eigenvalue weighted by atomic mass is 10.2. The second-order valence-corrected chi connectivity index (χ2v) is 5.57. The van der Waals surface area contributed by atoms with Gasteiger partial charge in [0.25, 0.3) is 6.01 Å². The molecule has 3 N–H and O–H groups in total. The molecular formula is C15H22N6O2. The highest BCUT2D eigenvalue weighted by molar-refractivity contribution is 5.50. The van der Waals surface area contributed by atoms with Crippen LogP contribution >= 0.6 is 0 Å². The first kappa shape index (κ1) is 15.5. The van der Waals surface area contributed by atoms with Crippen LogP contribution in [0.5, 0.6) is 0 Å². The summed E-state index contributed by atoms with van der Waals surface area (Å²) >= 11 is 0. The van der Waals surface area contributed by atoms with Gasteiger partial charge in [0.2, 0.25) is 0 Å². The van der Waals surface area contributed by atoms with Crippen LogP contribution in [0.4, 0.5) is 17.7 Å². The van der Waals surface area contributed by atoms with Crippen molar-refractivity contribution in [3.05, 3.63) is 24.4 Å². The van der Waals surface area contributed by atoms with E-state index >= 15 is 0 Å². The summed E-state index contributed by atoms with van der Waals surface area (Å²) in [6.45, 7) is 3.20. The lowest BCUT2D eigenvalue weighted by Gasteiger charge is -2.25. The van der Waals surface area contributed by atoms with Gasteiger partial charge in [0.15, 0.2) is 0 Å². The Morgan fingerprint density at radius 3 is 3.00 bits per heavy atom. The van der Waals surface area contributed by atoms with Gasteiger partial charge in [-0.3, -0.25) is 0 Å². The minimum atomic E-state index is -0.370. The van der Waals surface area contributed by atoms with E-state index < -0.39 is 0 Å². The minimum absolute atomic E-state index is 0.113. The molecule has 0 saturated carbocycles. The molecule has 0 aliphatic carbocycles. The molecule has 0 unspecified atom stereocenters. The molecule has 23 heavy (non-hydrogen) atoms. The van der Waals surface area contributed by atoms with Gasteiger partial charge in [0.05, 0.1) is 18.3 Å². The van der Waals surface area contributed by atoms with Crippen molar-refractivity contribution in [2.24, 2.45) is 0 Å². The third kappa shape index (κ3) is 3.53. The quantitative estimate of drug-likeness (QED) is 0.729. The Morgan fingerprint density at radius 2 is 2.26 bits per heavy atom. The van der Waals surface area contributed by atoms with Gasteiger partial charge in [0, 0.05) is 32.6 Å². The molecule has 8 heteroatoms. The van der Waals surface area contributed by atoms with E-state index in [1.165, 1.54) is 6.33 Å². The summed E-state index contributed by atoms with van der Waals surface area (Å²) in [5, 5.41) is 16.2. The molecule has 0 aromatic carbocycles. The highest BCUT2D eigenvalue weighted by Crippen LogP contribution is 2.25. The molecule has 0 radical (unpaired) electrons. The molecule has 0 amide bonds. The zero-order chi connectivity index (χ0) is 16.2. The summed E-state index contributed by atoms with van der Waals surface area (Å²) in [6, 6.07) is 2.51. The second kappa shape index (κ2) is 6.82. The summed E-state index contributed by atoms with van der Waals surface area (Å²) < 4.78 is 5.56. The van der Waals surface area contributed by atoms with Crippen LogP contribution in [-0.4, -0.2) is 52.3 Å². The molecule has 1 aliphatic rings. The summed E-state index contributed by atoms with van der Waals surface area (Å²) in [5.41, 5.74) is 0. The second-order valence-electron chi connectivity index (χ2n) is 5.57. The number of nitrogens with one attached hydrogen (secondary N) is 2. The number of hydrogen-bond acceptors (Lipinski definition) is 8. The molecule has 1 aliphatic heterocycles. The standard InChI is InChI=1S/C15H22N6O2/c1-3-12-7-18-15(23-12)17-6-10-4-11(22)8-21(10)14-5-13(16-2)19-9-20-14/h5,7,9-11,22H,3-4,6,8H2,1-2H3,(H,17,18)(H,16,19,20)/t10-,11-/m1/s1. The average molecular weight is 318 g/mol. The van der Waals surface area contributed by atoms with Gasteiger partial charge in [-0.1, -0.05) is 6.92 Å². The van der Waals surface area contributed by atoms with Crippen LogP contribution in [0.3, 0.4) is 0 Å². The van der Waals surface area contributed by atoms with E-state index in [1.54, 1.807) is 6.20 Å². The predicted octanol–water partition coefficient (Wildman–Crippen LogP) is 1.12. The molecule has 1 fully saturated rings. The normalized spacial score (nSPS) is 20.7. The molecule has 0 spiro atoms. The summed E-state index contributed by atoms with van der Waals surface area (Å²) in [4.78, 5) is 14.7. The van der Waals surface area contributed by atoms with Crippen molar-refractivity contribution in [3.8, 4) is 0 Å². The zero-order valence-electron chi connectivity index (χ0n) is 13.4. The van der Waals surface area contributed by atoms with Gasteiger partial charge in [-0.05, 0) is 6.42 Å². The van der Waals surface area contributed by atoms with Crippen LogP contribution in [0.2, 0.25) is 0 Å². The first-order chi connectivity index (χ1) is 11.2. The monoisotopic (exact) mass is 318 g/mol. The molecule has 124 valence electrons. The Morgan fingerprint density at radius 1 is 1.39 bits per heavy atom. The number of hydrogen-bond donors (Lipinski definition) is 3. The molecule has 2 aromatic rings. The zero-order valence-corrected chi connectivity index (χ0v) is 13.4. The molecule has 2 aromatic heterocycles. The fraction of sp³-hybridized carbons (Fsp3) is 0.533. The van der Waals surface area contributed by atoms with Crippen molar-refractivity contribution >= 4 is 17.7 Å². The van der Waals surface area contributed by atoms with E-state index in [0.29, 0.717) is 25.5 Å². The average Bonchev–Trinajstić information content (AvgIpc) is 3.19. The van der Waals surface area contributed by atoms with Crippen molar-refractivity contribution in [3.63, 3.8) is 0 Å². The Bertz CT molecular complexity index is 646. The number of aromatic nitrogens is 3. The Labute approximate surface area is 135 Å². The molecular weight excluding hydrogens is 296 g/mol. The first-order valence-corrected chi connectivity index (χ1v) is 7.82. The van der Waals surface area contributed by atoms with Crippen molar-refractivity contribution in [2.45, 2.75) is 31.9 Å². The van der Waals surface area contributed by atoms with E-state index in [1.807, 2.05) is 20.0 Å². The van der Waals surface area contributed by atoms with Crippen LogP contribution in [0.25, 0.3) is 0 Å². The van der Waals surface area contributed by atoms with Crippen molar-refractivity contribution in [1.29, 1.82) is 0 Å². The molecule has 3 rings (SSSR count). The summed E-state index contributed by atoms with van der Waals surface area (Å²) in [7, 11) is 1.82. The third-order valence-electron chi connectivity index (χ3n) is 3.99. The largest absolute Gasteiger partial charge is 0.429 e. The molecule has 2 atom stereocenters. The van der Waals surface area contributed by atoms with Gasteiger partial charge in [-0.25, -0.2) is 15.0 Å². The maximum atomic E-state index is 10.0. The predicted molar refractivity (Wildman–Crippen MR) is 87.7 cm³/mol. The highest BCUT2D eigenvalue weighted by Gasteiger charge is 2.32. The molecule has 1 saturated heterocycles. The van der Waals surface area contributed by atoms with E-state index in [2.05, 4.69) is 30.5 Å². The number of rotatable bonds is 6. The number of β-amino-alcohol motifs (C(OH)–C–C–N with tert-alkyl or cyclic N) is 1.